The van der Waals surface area contributed by atoms with Gasteiger partial charge in [-0.05, 0) is 101 Å². The molecule has 1 aromatic heterocycles. The summed E-state index contributed by atoms with van der Waals surface area (Å²) < 4.78 is 2.34. The Balaban J connectivity index is 1.66. The maximum atomic E-state index is 12.9. The predicted octanol–water partition coefficient (Wildman–Crippen LogP) is 7.44. The predicted molar refractivity (Wildman–Crippen MR) is 151 cm³/mol. The van der Waals surface area contributed by atoms with Crippen molar-refractivity contribution in [2.75, 3.05) is 39.3 Å². The van der Waals surface area contributed by atoms with Gasteiger partial charge in [0.05, 0.1) is 0 Å². The molecule has 0 amide bonds. The Kier molecular flexibility index (Phi) is 10.9. The summed E-state index contributed by atoms with van der Waals surface area (Å²) in [6.07, 6.45) is 5.13. The van der Waals surface area contributed by atoms with Crippen LogP contribution in [0.2, 0.25) is 0 Å². The van der Waals surface area contributed by atoms with Crippen molar-refractivity contribution in [2.24, 2.45) is 0 Å². The lowest BCUT2D eigenvalue weighted by Crippen LogP contribution is -2.24. The van der Waals surface area contributed by atoms with Gasteiger partial charge in [0.1, 0.15) is 0 Å². The Morgan fingerprint density at radius 3 is 1.40 bits per heavy atom. The SMILES string of the molecule is CCN(CC)CCCCC(=O)c1ccc2sc3ccc(C(=O)CCCCN(CC)CC)cc3c2c1. The van der Waals surface area contributed by atoms with Crippen LogP contribution in [0.1, 0.15) is 86.9 Å². The molecule has 0 saturated carbocycles. The third-order valence-electron chi connectivity index (χ3n) is 7.16. The zero-order valence-electron chi connectivity index (χ0n) is 22.1. The van der Waals surface area contributed by atoms with Gasteiger partial charge in [0.2, 0.25) is 0 Å². The molecule has 3 aromatic rings. The van der Waals surface area contributed by atoms with Crippen molar-refractivity contribution in [3.8, 4) is 0 Å². The first-order valence-electron chi connectivity index (χ1n) is 13.5. The Morgan fingerprint density at radius 1 is 0.629 bits per heavy atom. The van der Waals surface area contributed by atoms with E-state index in [2.05, 4.69) is 49.6 Å². The number of thiophene rings is 1. The normalized spacial score (nSPS) is 11.8. The van der Waals surface area contributed by atoms with Crippen LogP contribution >= 0.6 is 11.3 Å². The number of carbonyl (C=O) groups excluding carboxylic acids is 2. The van der Waals surface area contributed by atoms with Crippen LogP contribution in [0, 0.1) is 0 Å². The number of fused-ring (bicyclic) bond motifs is 3. The molecule has 0 fully saturated rings. The summed E-state index contributed by atoms with van der Waals surface area (Å²) in [7, 11) is 0. The standard InChI is InChI=1S/C30H42N2O2S/c1-5-31(6-2)19-11-9-13-27(33)23-15-17-29-25(21-23)26-22-24(16-18-30(26)35-29)28(34)14-10-12-20-32(7-3)8-4/h15-18,21-22H,5-14,19-20H2,1-4H3. The number of nitrogens with zero attached hydrogens (tertiary/aromatic N) is 2. The van der Waals surface area contributed by atoms with Crippen molar-refractivity contribution in [1.29, 1.82) is 0 Å². The van der Waals surface area contributed by atoms with Crippen LogP contribution in [-0.2, 0) is 0 Å². The van der Waals surface area contributed by atoms with Crippen LogP contribution in [0.25, 0.3) is 20.2 Å². The lowest BCUT2D eigenvalue weighted by molar-refractivity contribution is 0.0970. The molecule has 0 atom stereocenters. The molecule has 0 radical (unpaired) electrons. The lowest BCUT2D eigenvalue weighted by Gasteiger charge is -2.17. The Morgan fingerprint density at radius 2 is 1.03 bits per heavy atom. The van der Waals surface area contributed by atoms with Crippen LogP contribution in [-0.4, -0.2) is 60.6 Å². The van der Waals surface area contributed by atoms with Crippen molar-refractivity contribution < 1.29 is 9.59 Å². The van der Waals surface area contributed by atoms with E-state index in [0.717, 1.165) is 86.9 Å². The summed E-state index contributed by atoms with van der Waals surface area (Å²) in [6, 6.07) is 12.1. The number of hydrogen-bond acceptors (Lipinski definition) is 5. The average molecular weight is 495 g/mol. The van der Waals surface area contributed by atoms with Gasteiger partial charge in [-0.15, -0.1) is 11.3 Å². The molecule has 4 nitrogen and oxygen atoms in total. The molecule has 0 saturated heterocycles. The van der Waals surface area contributed by atoms with E-state index in [1.807, 2.05) is 24.3 Å². The number of carbonyl (C=O) groups is 2. The van der Waals surface area contributed by atoms with Gasteiger partial charge in [-0.3, -0.25) is 9.59 Å². The maximum Gasteiger partial charge on any atom is 0.162 e. The van der Waals surface area contributed by atoms with Crippen molar-refractivity contribution >= 4 is 43.1 Å². The highest BCUT2D eigenvalue weighted by Gasteiger charge is 2.13. The molecule has 0 unspecified atom stereocenters. The Hall–Kier alpha value is -2.08. The van der Waals surface area contributed by atoms with E-state index in [4.69, 9.17) is 0 Å². The molecule has 0 aliphatic rings. The lowest BCUT2D eigenvalue weighted by atomic mass is 10.0. The van der Waals surface area contributed by atoms with Crippen molar-refractivity contribution in [1.82, 2.24) is 9.80 Å². The minimum atomic E-state index is 0.214. The highest BCUT2D eigenvalue weighted by atomic mass is 32.1. The zero-order chi connectivity index (χ0) is 25.2. The minimum absolute atomic E-state index is 0.214. The minimum Gasteiger partial charge on any atom is -0.304 e. The average Bonchev–Trinajstić information content (AvgIpc) is 3.25. The van der Waals surface area contributed by atoms with Crippen molar-refractivity contribution in [3.05, 3.63) is 47.5 Å². The van der Waals surface area contributed by atoms with Crippen LogP contribution in [0.15, 0.2) is 36.4 Å². The first kappa shape index (κ1) is 27.5. The fourth-order valence-corrected chi connectivity index (χ4v) is 5.80. The molecule has 0 aliphatic carbocycles. The van der Waals surface area contributed by atoms with E-state index in [1.165, 1.54) is 9.40 Å². The summed E-state index contributed by atoms with van der Waals surface area (Å²) >= 11 is 1.73. The van der Waals surface area contributed by atoms with Crippen LogP contribution in [0.3, 0.4) is 0 Å². The van der Waals surface area contributed by atoms with E-state index in [0.29, 0.717) is 12.8 Å². The third-order valence-corrected chi connectivity index (χ3v) is 8.31. The fourth-order valence-electron chi connectivity index (χ4n) is 4.73. The van der Waals surface area contributed by atoms with E-state index >= 15 is 0 Å². The van der Waals surface area contributed by atoms with E-state index in [1.54, 1.807) is 11.3 Å². The van der Waals surface area contributed by atoms with Gasteiger partial charge in [0, 0.05) is 44.1 Å². The largest absolute Gasteiger partial charge is 0.304 e. The number of unbranched alkanes of at least 4 members (excludes halogenated alkanes) is 2. The van der Waals surface area contributed by atoms with E-state index in [9.17, 15) is 9.59 Å². The summed E-state index contributed by atoms with van der Waals surface area (Å²) in [5, 5.41) is 2.19. The Labute approximate surface area is 215 Å². The molecular weight excluding hydrogens is 452 g/mol. The number of benzene rings is 2. The first-order chi connectivity index (χ1) is 17.0. The number of ketones is 2. The molecular formula is C30H42N2O2S. The van der Waals surface area contributed by atoms with Gasteiger partial charge >= 0.3 is 0 Å². The Bertz CT molecular complexity index is 1030. The molecule has 5 heteroatoms. The second-order valence-electron chi connectivity index (χ2n) is 9.34. The van der Waals surface area contributed by atoms with Crippen molar-refractivity contribution in [2.45, 2.75) is 66.2 Å². The summed E-state index contributed by atoms with van der Waals surface area (Å²) in [5.74, 6) is 0.428. The maximum absolute atomic E-state index is 12.9. The third kappa shape index (κ3) is 7.45. The highest BCUT2D eigenvalue weighted by Crippen LogP contribution is 2.35. The second kappa shape index (κ2) is 13.9. The molecule has 0 aliphatic heterocycles. The van der Waals surface area contributed by atoms with E-state index in [-0.39, 0.29) is 11.6 Å². The number of hydrogen-bond donors (Lipinski definition) is 0. The van der Waals surface area contributed by atoms with Gasteiger partial charge in [-0.1, -0.05) is 27.7 Å². The molecule has 1 heterocycles. The van der Waals surface area contributed by atoms with E-state index < -0.39 is 0 Å². The smallest absolute Gasteiger partial charge is 0.162 e. The number of Topliss-reactive ketones (excluding diaryl/α,β-unsaturated/α-hetero) is 2. The van der Waals surface area contributed by atoms with Gasteiger partial charge in [-0.25, -0.2) is 0 Å². The molecule has 0 bridgehead atoms. The highest BCUT2D eigenvalue weighted by molar-refractivity contribution is 7.25. The van der Waals surface area contributed by atoms with Crippen LogP contribution in [0.4, 0.5) is 0 Å². The summed E-state index contributed by atoms with van der Waals surface area (Å²) in [5.41, 5.74) is 1.57. The number of rotatable bonds is 16. The van der Waals surface area contributed by atoms with Gasteiger partial charge in [0.25, 0.3) is 0 Å². The molecule has 0 N–H and O–H groups in total. The van der Waals surface area contributed by atoms with Gasteiger partial charge in [0.15, 0.2) is 11.6 Å². The van der Waals surface area contributed by atoms with Crippen LogP contribution in [0.5, 0.6) is 0 Å². The molecule has 190 valence electrons. The van der Waals surface area contributed by atoms with Crippen LogP contribution < -0.4 is 0 Å². The first-order valence-corrected chi connectivity index (χ1v) is 14.3. The summed E-state index contributed by atoms with van der Waals surface area (Å²) in [4.78, 5) is 30.6. The van der Waals surface area contributed by atoms with Gasteiger partial charge < -0.3 is 9.80 Å². The quantitative estimate of drug-likeness (QED) is 0.153. The molecule has 2 aromatic carbocycles. The fraction of sp³-hybridized carbons (Fsp3) is 0.533. The monoisotopic (exact) mass is 494 g/mol. The van der Waals surface area contributed by atoms with Crippen molar-refractivity contribution in [3.63, 3.8) is 0 Å². The zero-order valence-corrected chi connectivity index (χ0v) is 22.9. The molecule has 3 rings (SSSR count). The molecule has 35 heavy (non-hydrogen) atoms. The molecule has 0 spiro atoms. The van der Waals surface area contributed by atoms with Gasteiger partial charge in [-0.2, -0.15) is 0 Å². The second-order valence-corrected chi connectivity index (χ2v) is 10.4. The topological polar surface area (TPSA) is 40.6 Å². The summed E-state index contributed by atoms with van der Waals surface area (Å²) in [6.45, 7) is 15.1.